The van der Waals surface area contributed by atoms with Gasteiger partial charge in [-0.1, -0.05) is 23.2 Å². The van der Waals surface area contributed by atoms with Crippen LogP contribution in [0.2, 0.25) is 10.0 Å². The van der Waals surface area contributed by atoms with E-state index in [-0.39, 0.29) is 27.9 Å². The lowest BCUT2D eigenvalue weighted by Gasteiger charge is -2.17. The second kappa shape index (κ2) is 6.87. The van der Waals surface area contributed by atoms with Crippen LogP contribution in [0.15, 0.2) is 17.1 Å². The Hall–Kier alpha value is -1.66. The summed E-state index contributed by atoms with van der Waals surface area (Å²) in [5, 5.41) is 11.2. The molecule has 0 N–H and O–H groups in total. The molecule has 0 bridgehead atoms. The van der Waals surface area contributed by atoms with Crippen LogP contribution in [0.3, 0.4) is 0 Å². The summed E-state index contributed by atoms with van der Waals surface area (Å²) >= 11 is 11.8. The molecular formula is C13H14Cl2N2O4. The van der Waals surface area contributed by atoms with Crippen LogP contribution in [0.1, 0.15) is 26.3 Å². The number of hydrogen-bond acceptors (Lipinski definition) is 5. The molecule has 6 nitrogen and oxygen atoms in total. The Morgan fingerprint density at radius 2 is 2.10 bits per heavy atom. The van der Waals surface area contributed by atoms with Crippen LogP contribution in [0.4, 0.5) is 5.69 Å². The van der Waals surface area contributed by atoms with Gasteiger partial charge in [0, 0.05) is 12.3 Å². The van der Waals surface area contributed by atoms with Gasteiger partial charge < -0.3 is 4.74 Å². The zero-order chi connectivity index (χ0) is 16.2. The van der Waals surface area contributed by atoms with Crippen molar-refractivity contribution >= 4 is 41.1 Å². The molecule has 114 valence electrons. The lowest BCUT2D eigenvalue weighted by Crippen LogP contribution is -2.31. The van der Waals surface area contributed by atoms with Crippen molar-refractivity contribution < 1.29 is 14.5 Å². The quantitative estimate of drug-likeness (QED) is 0.356. The molecule has 0 aliphatic rings. The van der Waals surface area contributed by atoms with Crippen LogP contribution in [0.25, 0.3) is 0 Å². The first-order valence-corrected chi connectivity index (χ1v) is 6.81. The highest BCUT2D eigenvalue weighted by atomic mass is 35.5. The molecule has 0 aliphatic heterocycles. The number of esters is 1. The van der Waals surface area contributed by atoms with Gasteiger partial charge in [-0.2, -0.15) is 0 Å². The molecule has 1 aromatic rings. The maximum atomic E-state index is 11.7. The Balaban J connectivity index is 3.23. The van der Waals surface area contributed by atoms with E-state index in [1.165, 1.54) is 32.2 Å². The Bertz CT molecular complexity index is 600. The number of nitrogens with zero attached hydrogens (tertiary/aromatic N) is 2. The highest BCUT2D eigenvalue weighted by Gasteiger charge is 2.28. The number of benzene rings is 1. The number of aliphatic imine (C=N–C) groups is 1. The minimum Gasteiger partial charge on any atom is -0.464 e. The predicted molar refractivity (Wildman–Crippen MR) is 81.4 cm³/mol. The standard InChI is InChI=1S/C13H14Cl2N2O4/c1-4-21-12(18)13(2,3)16-7-8-10(17(19)20)6-5-9(14)11(8)15/h5-7H,4H2,1-3H3/b16-7+. The molecule has 1 rings (SSSR count). The van der Waals surface area contributed by atoms with Crippen molar-refractivity contribution in [2.75, 3.05) is 6.61 Å². The highest BCUT2D eigenvalue weighted by molar-refractivity contribution is 6.43. The van der Waals surface area contributed by atoms with E-state index in [1.54, 1.807) is 6.92 Å². The van der Waals surface area contributed by atoms with Crippen molar-refractivity contribution in [3.63, 3.8) is 0 Å². The summed E-state index contributed by atoms with van der Waals surface area (Å²) in [6, 6.07) is 2.56. The summed E-state index contributed by atoms with van der Waals surface area (Å²) in [6.07, 6.45) is 1.17. The lowest BCUT2D eigenvalue weighted by molar-refractivity contribution is -0.385. The summed E-state index contributed by atoms with van der Waals surface area (Å²) in [7, 11) is 0. The van der Waals surface area contributed by atoms with Crippen LogP contribution >= 0.6 is 23.2 Å². The normalized spacial score (nSPS) is 11.7. The van der Waals surface area contributed by atoms with Crippen LogP contribution < -0.4 is 0 Å². The van der Waals surface area contributed by atoms with E-state index in [9.17, 15) is 14.9 Å². The van der Waals surface area contributed by atoms with Gasteiger partial charge in [0.15, 0.2) is 5.54 Å². The van der Waals surface area contributed by atoms with E-state index < -0.39 is 16.4 Å². The molecule has 0 spiro atoms. The fraction of sp³-hybridized carbons (Fsp3) is 0.385. The average molecular weight is 333 g/mol. The van der Waals surface area contributed by atoms with E-state index in [2.05, 4.69) is 4.99 Å². The molecule has 21 heavy (non-hydrogen) atoms. The third-order valence-corrected chi connectivity index (χ3v) is 3.42. The van der Waals surface area contributed by atoms with E-state index in [4.69, 9.17) is 27.9 Å². The molecule has 0 heterocycles. The Morgan fingerprint density at radius 3 is 2.62 bits per heavy atom. The smallest absolute Gasteiger partial charge is 0.333 e. The molecule has 0 fully saturated rings. The van der Waals surface area contributed by atoms with Crippen LogP contribution in [0, 0.1) is 10.1 Å². The first-order valence-electron chi connectivity index (χ1n) is 6.05. The second-order valence-corrected chi connectivity index (χ2v) is 5.37. The van der Waals surface area contributed by atoms with Gasteiger partial charge in [-0.05, 0) is 26.8 Å². The predicted octanol–water partition coefficient (Wildman–Crippen LogP) is 3.66. The Labute approximate surface area is 131 Å². The molecule has 1 aromatic carbocycles. The van der Waals surface area contributed by atoms with Gasteiger partial charge in [0.25, 0.3) is 5.69 Å². The van der Waals surface area contributed by atoms with Gasteiger partial charge in [0.2, 0.25) is 0 Å². The summed E-state index contributed by atoms with van der Waals surface area (Å²) < 4.78 is 4.88. The second-order valence-electron chi connectivity index (χ2n) is 4.59. The number of rotatable bonds is 5. The van der Waals surface area contributed by atoms with Crippen molar-refractivity contribution in [3.8, 4) is 0 Å². The topological polar surface area (TPSA) is 81.8 Å². The third-order valence-electron chi connectivity index (χ3n) is 2.60. The molecule has 0 unspecified atom stereocenters. The molecule has 0 atom stereocenters. The zero-order valence-corrected chi connectivity index (χ0v) is 13.2. The summed E-state index contributed by atoms with van der Waals surface area (Å²) in [6.45, 7) is 4.96. The van der Waals surface area contributed by atoms with Crippen molar-refractivity contribution in [1.82, 2.24) is 0 Å². The molecule has 0 saturated heterocycles. The van der Waals surface area contributed by atoms with E-state index in [1.807, 2.05) is 0 Å². The number of halogens is 2. The molecule has 0 amide bonds. The number of hydrogen-bond donors (Lipinski definition) is 0. The summed E-state index contributed by atoms with van der Waals surface area (Å²) in [5.74, 6) is -0.540. The highest BCUT2D eigenvalue weighted by Crippen LogP contribution is 2.31. The maximum Gasteiger partial charge on any atom is 0.333 e. The van der Waals surface area contributed by atoms with Gasteiger partial charge in [-0.25, -0.2) is 4.79 Å². The minimum atomic E-state index is -1.18. The van der Waals surface area contributed by atoms with Gasteiger partial charge >= 0.3 is 5.97 Å². The monoisotopic (exact) mass is 332 g/mol. The lowest BCUT2D eigenvalue weighted by atomic mass is 10.1. The van der Waals surface area contributed by atoms with E-state index >= 15 is 0 Å². The van der Waals surface area contributed by atoms with Gasteiger partial charge in [-0.3, -0.25) is 15.1 Å². The Kier molecular flexibility index (Phi) is 5.69. The summed E-state index contributed by atoms with van der Waals surface area (Å²) in [4.78, 5) is 26.2. The SMILES string of the molecule is CCOC(=O)C(C)(C)/N=C/c1c([N+](=O)[O-])ccc(Cl)c1Cl. The maximum absolute atomic E-state index is 11.7. The number of ether oxygens (including phenoxy) is 1. The molecule has 0 aliphatic carbocycles. The molecule has 0 aromatic heterocycles. The largest absolute Gasteiger partial charge is 0.464 e. The molecular weight excluding hydrogens is 319 g/mol. The number of nitro groups is 1. The first-order chi connectivity index (χ1) is 9.70. The van der Waals surface area contributed by atoms with E-state index in [0.29, 0.717) is 0 Å². The Morgan fingerprint density at radius 1 is 1.48 bits per heavy atom. The fourth-order valence-electron chi connectivity index (χ4n) is 1.42. The molecule has 8 heteroatoms. The van der Waals surface area contributed by atoms with Crippen molar-refractivity contribution in [2.24, 2.45) is 4.99 Å². The molecule has 0 saturated carbocycles. The van der Waals surface area contributed by atoms with Crippen molar-refractivity contribution in [2.45, 2.75) is 26.3 Å². The molecule has 0 radical (unpaired) electrons. The van der Waals surface area contributed by atoms with Crippen molar-refractivity contribution in [1.29, 1.82) is 0 Å². The van der Waals surface area contributed by atoms with Crippen LogP contribution in [0.5, 0.6) is 0 Å². The van der Waals surface area contributed by atoms with E-state index in [0.717, 1.165) is 0 Å². The van der Waals surface area contributed by atoms with Crippen molar-refractivity contribution in [3.05, 3.63) is 37.9 Å². The number of carbonyl (C=O) groups is 1. The van der Waals surface area contributed by atoms with Gasteiger partial charge in [0.05, 0.1) is 27.1 Å². The van der Waals surface area contributed by atoms with Crippen LogP contribution in [-0.2, 0) is 9.53 Å². The van der Waals surface area contributed by atoms with Gasteiger partial charge in [0.1, 0.15) is 0 Å². The zero-order valence-electron chi connectivity index (χ0n) is 11.7. The third kappa shape index (κ3) is 4.15. The van der Waals surface area contributed by atoms with Gasteiger partial charge in [-0.15, -0.1) is 0 Å². The average Bonchev–Trinajstić information content (AvgIpc) is 2.40. The fourth-order valence-corrected chi connectivity index (χ4v) is 1.80. The number of nitro benzene ring substituents is 1. The minimum absolute atomic E-state index is 0.00859. The first kappa shape index (κ1) is 17.4. The number of carbonyl (C=O) groups excluding carboxylic acids is 1. The van der Waals surface area contributed by atoms with Crippen LogP contribution in [-0.4, -0.2) is 29.3 Å². The summed E-state index contributed by atoms with van der Waals surface area (Å²) in [5.41, 5.74) is -1.38.